The van der Waals surface area contributed by atoms with Gasteiger partial charge in [0.25, 0.3) is 5.91 Å². The van der Waals surface area contributed by atoms with Crippen LogP contribution in [0.3, 0.4) is 0 Å². The van der Waals surface area contributed by atoms with Gasteiger partial charge >= 0.3 is 5.69 Å². The topological polar surface area (TPSA) is 166 Å². The van der Waals surface area contributed by atoms with E-state index in [1.165, 1.54) is 21.4 Å². The highest BCUT2D eigenvalue weighted by Gasteiger charge is 2.24. The Morgan fingerprint density at radius 2 is 1.93 bits per heavy atom. The van der Waals surface area contributed by atoms with Crippen LogP contribution >= 0.6 is 0 Å². The van der Waals surface area contributed by atoms with Crippen LogP contribution in [0.4, 0.5) is 16.0 Å². The van der Waals surface area contributed by atoms with Crippen LogP contribution in [0.2, 0.25) is 0 Å². The molecule has 1 aromatic carbocycles. The lowest BCUT2D eigenvalue weighted by Crippen LogP contribution is -2.47. The largest absolute Gasteiger partial charge is 0.484 e. The average Bonchev–Trinajstić information content (AvgIpc) is 3.76. The summed E-state index contributed by atoms with van der Waals surface area (Å²) >= 11 is 0. The highest BCUT2D eigenvalue weighted by atomic mass is 19.1. The van der Waals surface area contributed by atoms with Gasteiger partial charge in [0.1, 0.15) is 17.1 Å². The summed E-state index contributed by atoms with van der Waals surface area (Å²) in [6, 6.07) is 8.13. The van der Waals surface area contributed by atoms with E-state index in [1.54, 1.807) is 42.9 Å². The molecule has 44 heavy (non-hydrogen) atoms. The van der Waals surface area contributed by atoms with E-state index in [1.807, 2.05) is 4.90 Å². The smallest absolute Gasteiger partial charge is 0.330 e. The third-order valence-corrected chi connectivity index (χ3v) is 7.66. The standard InChI is InChI=1S/C28H34FN11O4/c1-31-7-8-32-22(41)17-44-18-5-6-20(19(29)16-18)38-12-9-37(10-13-38)11-14-39-25-23(36(2)28(39)42)26-33-24(21-4-3-15-43-21)35-40(26)27(30)34-25/h3-6,15-16,31H,7-14,17H2,1-2H3,(H2,30,34)(H,32,41). The van der Waals surface area contributed by atoms with Gasteiger partial charge in [-0.1, -0.05) is 0 Å². The third-order valence-electron chi connectivity index (χ3n) is 7.66. The molecule has 1 saturated heterocycles. The predicted octanol–water partition coefficient (Wildman–Crippen LogP) is 0.296. The SMILES string of the molecule is CNCCNC(=O)COc1ccc(N2CCN(CCn3c(=O)n(C)c4c3nc(N)n3nc(-c5ccco5)nc43)CC2)c(F)c1. The monoisotopic (exact) mass is 607 g/mol. The molecule has 6 rings (SSSR count). The number of furan rings is 1. The molecule has 0 saturated carbocycles. The van der Waals surface area contributed by atoms with E-state index >= 15 is 0 Å². The number of halogens is 1. The number of imidazole rings is 1. The first-order chi connectivity index (χ1) is 21.3. The number of amides is 1. The second-order valence-corrected chi connectivity index (χ2v) is 10.5. The summed E-state index contributed by atoms with van der Waals surface area (Å²) in [6.07, 6.45) is 1.53. The molecule has 5 heterocycles. The van der Waals surface area contributed by atoms with Gasteiger partial charge in [-0.05, 0) is 31.3 Å². The second kappa shape index (κ2) is 12.3. The average molecular weight is 608 g/mol. The van der Waals surface area contributed by atoms with Crippen molar-refractivity contribution in [2.45, 2.75) is 6.54 Å². The van der Waals surface area contributed by atoms with Gasteiger partial charge < -0.3 is 30.4 Å². The van der Waals surface area contributed by atoms with Crippen molar-refractivity contribution in [3.05, 3.63) is 52.9 Å². The molecule has 1 fully saturated rings. The summed E-state index contributed by atoms with van der Waals surface area (Å²) in [5.41, 5.74) is 7.83. The van der Waals surface area contributed by atoms with Crippen LogP contribution in [0.5, 0.6) is 5.75 Å². The number of nitrogen functional groups attached to an aromatic ring is 1. The minimum atomic E-state index is -0.410. The molecule has 0 radical (unpaired) electrons. The van der Waals surface area contributed by atoms with Crippen LogP contribution in [-0.4, -0.2) is 99.0 Å². The van der Waals surface area contributed by atoms with Gasteiger partial charge in [-0.3, -0.25) is 18.8 Å². The molecular formula is C28H34FN11O4. The van der Waals surface area contributed by atoms with E-state index in [4.69, 9.17) is 14.9 Å². The molecule has 4 N–H and O–H groups in total. The molecule has 4 aromatic heterocycles. The lowest BCUT2D eigenvalue weighted by Gasteiger charge is -2.36. The van der Waals surface area contributed by atoms with Gasteiger partial charge in [-0.15, -0.1) is 5.10 Å². The molecule has 1 aliphatic rings. The molecule has 0 spiro atoms. The summed E-state index contributed by atoms with van der Waals surface area (Å²) in [5, 5.41) is 10.1. The van der Waals surface area contributed by atoms with Gasteiger partial charge in [0.05, 0.1) is 12.0 Å². The first-order valence-electron chi connectivity index (χ1n) is 14.3. The Morgan fingerprint density at radius 3 is 2.66 bits per heavy atom. The van der Waals surface area contributed by atoms with Crippen molar-refractivity contribution in [3.63, 3.8) is 0 Å². The highest BCUT2D eigenvalue weighted by molar-refractivity contribution is 5.88. The fourth-order valence-corrected chi connectivity index (χ4v) is 5.32. The number of hydrogen-bond acceptors (Lipinski definition) is 11. The lowest BCUT2D eigenvalue weighted by atomic mass is 10.2. The number of ether oxygens (including phenoxy) is 1. The fourth-order valence-electron chi connectivity index (χ4n) is 5.32. The number of hydrogen-bond donors (Lipinski definition) is 3. The van der Waals surface area contributed by atoms with Gasteiger partial charge in [0.15, 0.2) is 23.7 Å². The molecule has 5 aromatic rings. The van der Waals surface area contributed by atoms with Crippen molar-refractivity contribution >= 4 is 34.4 Å². The molecule has 0 atom stereocenters. The molecule has 0 unspecified atom stereocenters. The number of aryl methyl sites for hydroxylation is 1. The zero-order valence-electron chi connectivity index (χ0n) is 24.5. The first kappa shape index (κ1) is 29.1. The molecule has 1 amide bonds. The van der Waals surface area contributed by atoms with Crippen molar-refractivity contribution in [2.75, 3.05) is 70.1 Å². The first-order valence-corrected chi connectivity index (χ1v) is 14.3. The van der Waals surface area contributed by atoms with Crippen LogP contribution in [-0.2, 0) is 18.4 Å². The molecule has 0 aliphatic carbocycles. The van der Waals surface area contributed by atoms with Crippen molar-refractivity contribution < 1.29 is 18.3 Å². The summed E-state index contributed by atoms with van der Waals surface area (Å²) in [7, 11) is 3.47. The maximum Gasteiger partial charge on any atom is 0.330 e. The number of anilines is 2. The van der Waals surface area contributed by atoms with Crippen molar-refractivity contribution in [2.24, 2.45) is 7.05 Å². The Bertz CT molecular complexity index is 1840. The molecule has 232 valence electrons. The number of nitrogens with zero attached hydrogens (tertiary/aromatic N) is 8. The number of rotatable bonds is 11. The van der Waals surface area contributed by atoms with Crippen LogP contribution in [0.1, 0.15) is 0 Å². The molecule has 15 nitrogen and oxygen atoms in total. The second-order valence-electron chi connectivity index (χ2n) is 10.5. The zero-order chi connectivity index (χ0) is 30.8. The lowest BCUT2D eigenvalue weighted by molar-refractivity contribution is -0.123. The minimum absolute atomic E-state index is 0.108. The minimum Gasteiger partial charge on any atom is -0.484 e. The molecule has 1 aliphatic heterocycles. The van der Waals surface area contributed by atoms with E-state index in [2.05, 4.69) is 30.6 Å². The molecule has 16 heteroatoms. The number of aromatic nitrogens is 6. The highest BCUT2D eigenvalue weighted by Crippen LogP contribution is 2.26. The summed E-state index contributed by atoms with van der Waals surface area (Å²) in [4.78, 5) is 38.4. The Labute approximate surface area is 251 Å². The van der Waals surface area contributed by atoms with Gasteiger partial charge in [0, 0.05) is 65.5 Å². The van der Waals surface area contributed by atoms with Gasteiger partial charge in [-0.25, -0.2) is 14.2 Å². The number of piperazine rings is 1. The van der Waals surface area contributed by atoms with Crippen LogP contribution in [0, 0.1) is 5.82 Å². The third kappa shape index (κ3) is 5.68. The molecule has 0 bridgehead atoms. The molecular weight excluding hydrogens is 573 g/mol. The van der Waals surface area contributed by atoms with Gasteiger partial charge in [0.2, 0.25) is 11.8 Å². The van der Waals surface area contributed by atoms with E-state index in [-0.39, 0.29) is 24.2 Å². The predicted molar refractivity (Wildman–Crippen MR) is 161 cm³/mol. The van der Waals surface area contributed by atoms with Crippen LogP contribution in [0.15, 0.2) is 45.8 Å². The van der Waals surface area contributed by atoms with E-state index in [0.29, 0.717) is 92.2 Å². The van der Waals surface area contributed by atoms with Crippen LogP contribution in [0.25, 0.3) is 28.4 Å². The Kier molecular flexibility index (Phi) is 8.17. The normalized spacial score (nSPS) is 14.1. The summed E-state index contributed by atoms with van der Waals surface area (Å²) in [6.45, 7) is 4.52. The number of carbonyl (C=O) groups is 1. The number of benzene rings is 1. The Hall–Kier alpha value is -4.96. The van der Waals surface area contributed by atoms with Crippen molar-refractivity contribution in [3.8, 4) is 17.3 Å². The maximum absolute atomic E-state index is 15.0. The van der Waals surface area contributed by atoms with E-state index in [0.717, 1.165) is 0 Å². The van der Waals surface area contributed by atoms with Crippen LogP contribution < -0.4 is 31.7 Å². The Balaban J connectivity index is 1.09. The summed E-state index contributed by atoms with van der Waals surface area (Å²) < 4.78 is 30.4. The number of carbonyl (C=O) groups excluding carboxylic acids is 1. The Morgan fingerprint density at radius 1 is 1.11 bits per heavy atom. The fraction of sp³-hybridized carbons (Fsp3) is 0.393. The number of nitrogens with one attached hydrogen (secondary N) is 2. The van der Waals surface area contributed by atoms with E-state index < -0.39 is 5.82 Å². The number of nitrogens with two attached hydrogens (primary N) is 1. The number of likely N-dealkylation sites (N-methyl/N-ethyl adjacent to an activating group) is 1. The van der Waals surface area contributed by atoms with Gasteiger partial charge in [-0.2, -0.15) is 9.50 Å². The maximum atomic E-state index is 15.0. The van der Waals surface area contributed by atoms with Crippen molar-refractivity contribution in [1.82, 2.24) is 44.2 Å². The van der Waals surface area contributed by atoms with Crippen molar-refractivity contribution in [1.29, 1.82) is 0 Å². The zero-order valence-corrected chi connectivity index (χ0v) is 24.5. The quantitative estimate of drug-likeness (QED) is 0.177. The van der Waals surface area contributed by atoms with E-state index in [9.17, 15) is 14.0 Å². The summed E-state index contributed by atoms with van der Waals surface area (Å²) in [5.74, 6) is 0.551. The number of fused-ring (bicyclic) bond motifs is 3.